The molecule has 1 fully saturated rings. The maximum absolute atomic E-state index is 13.6. The predicted molar refractivity (Wildman–Crippen MR) is 213 cm³/mol. The number of hydrogen-bond donors (Lipinski definition) is 1. The monoisotopic (exact) mass is 808 g/mol. The van der Waals surface area contributed by atoms with Gasteiger partial charge in [-0.15, -0.1) is 0 Å². The van der Waals surface area contributed by atoms with E-state index in [-0.39, 0.29) is 25.5 Å². The van der Waals surface area contributed by atoms with Crippen molar-refractivity contribution in [1.29, 1.82) is 0 Å². The van der Waals surface area contributed by atoms with Gasteiger partial charge in [0.25, 0.3) is 5.91 Å². The molecule has 284 valence electrons. The lowest BCUT2D eigenvalue weighted by Crippen LogP contribution is -2.36. The summed E-state index contributed by atoms with van der Waals surface area (Å²) < 4.78 is 19.1. The van der Waals surface area contributed by atoms with E-state index in [0.29, 0.717) is 81.1 Å². The molecule has 3 aromatic carbocycles. The van der Waals surface area contributed by atoms with Crippen LogP contribution in [0.1, 0.15) is 83.5 Å². The molecule has 0 bridgehead atoms. The number of benzene rings is 3. The molecular weight excluding hydrogens is 760 g/mol. The first-order chi connectivity index (χ1) is 25.5. The number of nitrogens with zero attached hydrogens (tertiary/aromatic N) is 3. The van der Waals surface area contributed by atoms with Crippen molar-refractivity contribution in [3.05, 3.63) is 92.0 Å². The van der Waals surface area contributed by atoms with Gasteiger partial charge < -0.3 is 19.9 Å². The van der Waals surface area contributed by atoms with Crippen LogP contribution in [-0.4, -0.2) is 84.8 Å². The number of rotatable bonds is 16. The number of halogens is 2. The molecule has 5 rings (SSSR count). The first-order valence-corrected chi connectivity index (χ1v) is 19.6. The summed E-state index contributed by atoms with van der Waals surface area (Å²) in [6.07, 6.45) is 6.17. The Morgan fingerprint density at radius 1 is 0.925 bits per heavy atom. The van der Waals surface area contributed by atoms with E-state index in [1.165, 1.54) is 32.1 Å². The van der Waals surface area contributed by atoms with Crippen LogP contribution in [0.5, 0.6) is 5.75 Å². The highest BCUT2D eigenvalue weighted by Crippen LogP contribution is 2.32. The molecule has 12 heteroatoms. The predicted octanol–water partition coefficient (Wildman–Crippen LogP) is 8.06. The summed E-state index contributed by atoms with van der Waals surface area (Å²) in [4.78, 5) is 44.4. The Morgan fingerprint density at radius 2 is 1.62 bits per heavy atom. The molecule has 0 unspecified atom stereocenters. The number of likely N-dealkylation sites (N-methyl/N-ethyl adjacent to an activating group) is 1. The summed E-state index contributed by atoms with van der Waals surface area (Å²) in [6.45, 7) is 9.58. The van der Waals surface area contributed by atoms with Crippen LogP contribution in [0.4, 0.5) is 5.69 Å². The maximum atomic E-state index is 13.6. The van der Waals surface area contributed by atoms with Crippen molar-refractivity contribution in [1.82, 2.24) is 14.4 Å². The van der Waals surface area contributed by atoms with E-state index in [4.69, 9.17) is 31.5 Å². The Labute approximate surface area is 325 Å². The number of nitrogen functional groups attached to an aromatic ring is 1. The summed E-state index contributed by atoms with van der Waals surface area (Å²) >= 11 is 9.60. The van der Waals surface area contributed by atoms with Crippen molar-refractivity contribution < 1.29 is 28.6 Å². The van der Waals surface area contributed by atoms with E-state index < -0.39 is 11.9 Å². The van der Waals surface area contributed by atoms with E-state index >= 15 is 0 Å². The van der Waals surface area contributed by atoms with E-state index in [1.807, 2.05) is 32.0 Å². The zero-order chi connectivity index (χ0) is 38.1. The van der Waals surface area contributed by atoms with Crippen LogP contribution in [0.2, 0.25) is 5.02 Å². The Kier molecular flexibility index (Phi) is 14.4. The van der Waals surface area contributed by atoms with Crippen LogP contribution in [0, 0.1) is 6.92 Å². The number of hydrogen-bond acceptors (Lipinski definition) is 9. The highest BCUT2D eigenvalue weighted by Gasteiger charge is 2.24. The van der Waals surface area contributed by atoms with Gasteiger partial charge in [0, 0.05) is 51.8 Å². The number of aromatic nitrogens is 1. The van der Waals surface area contributed by atoms with Gasteiger partial charge in [0.2, 0.25) is 0 Å². The third kappa shape index (κ3) is 10.0. The van der Waals surface area contributed by atoms with Crippen molar-refractivity contribution in [3.63, 3.8) is 0 Å². The van der Waals surface area contributed by atoms with Gasteiger partial charge in [0.05, 0.1) is 30.3 Å². The van der Waals surface area contributed by atoms with Crippen LogP contribution in [0.25, 0.3) is 10.9 Å². The van der Waals surface area contributed by atoms with Crippen molar-refractivity contribution in [2.24, 2.45) is 0 Å². The normalized spacial score (nSPS) is 13.5. The lowest BCUT2D eigenvalue weighted by molar-refractivity contribution is -0.143. The molecule has 1 saturated carbocycles. The average Bonchev–Trinajstić information content (AvgIpc) is 3.44. The van der Waals surface area contributed by atoms with Crippen LogP contribution in [0.3, 0.4) is 0 Å². The van der Waals surface area contributed by atoms with Gasteiger partial charge >= 0.3 is 11.9 Å². The highest BCUT2D eigenvalue weighted by atomic mass is 79.9. The second-order valence-corrected chi connectivity index (χ2v) is 14.7. The summed E-state index contributed by atoms with van der Waals surface area (Å²) in [5.74, 6) is -0.428. The number of carbonyl (C=O) groups is 3. The van der Waals surface area contributed by atoms with E-state index in [1.54, 1.807) is 48.1 Å². The van der Waals surface area contributed by atoms with Gasteiger partial charge in [-0.1, -0.05) is 44.7 Å². The first-order valence-electron chi connectivity index (χ1n) is 18.4. The first kappa shape index (κ1) is 40.3. The quantitative estimate of drug-likeness (QED) is 0.0887. The number of ether oxygens (including phenoxy) is 3. The fraction of sp³-hybridized carbons (Fsp3) is 0.439. The largest absolute Gasteiger partial charge is 0.497 e. The molecule has 4 aromatic rings. The molecule has 10 nitrogen and oxygen atoms in total. The van der Waals surface area contributed by atoms with Gasteiger partial charge in [-0.2, -0.15) is 0 Å². The van der Waals surface area contributed by atoms with E-state index in [2.05, 4.69) is 32.7 Å². The van der Waals surface area contributed by atoms with Gasteiger partial charge in [-0.05, 0) is 115 Å². The summed E-state index contributed by atoms with van der Waals surface area (Å²) in [5.41, 5.74) is 11.0. The molecule has 0 atom stereocenters. The molecule has 53 heavy (non-hydrogen) atoms. The van der Waals surface area contributed by atoms with Gasteiger partial charge in [-0.3, -0.25) is 24.0 Å². The van der Waals surface area contributed by atoms with Crippen LogP contribution < -0.4 is 10.5 Å². The topological polar surface area (TPSA) is 116 Å². The van der Waals surface area contributed by atoms with Gasteiger partial charge in [-0.25, -0.2) is 4.79 Å². The molecule has 0 amide bonds. The van der Waals surface area contributed by atoms with Crippen molar-refractivity contribution >= 4 is 62.0 Å². The molecule has 0 aliphatic heterocycles. The number of anilines is 1. The fourth-order valence-corrected chi connectivity index (χ4v) is 7.77. The highest BCUT2D eigenvalue weighted by molar-refractivity contribution is 9.10. The van der Waals surface area contributed by atoms with Crippen molar-refractivity contribution in [2.75, 3.05) is 52.2 Å². The zero-order valence-corrected chi connectivity index (χ0v) is 33.4. The molecular formula is C41H50BrClN4O6. The Balaban J connectivity index is 1.15. The molecule has 1 aliphatic rings. The fourth-order valence-electron chi connectivity index (χ4n) is 7.15. The number of carbonyl (C=O) groups excluding carboxylic acids is 3. The molecule has 2 N–H and O–H groups in total. The molecule has 0 saturated heterocycles. The second-order valence-electron chi connectivity index (χ2n) is 13.4. The van der Waals surface area contributed by atoms with Gasteiger partial charge in [0.15, 0.2) is 0 Å². The second kappa shape index (κ2) is 18.9. The third-order valence-electron chi connectivity index (χ3n) is 10.2. The smallest absolute Gasteiger partial charge is 0.338 e. The lowest BCUT2D eigenvalue weighted by atomic mass is 9.93. The summed E-state index contributed by atoms with van der Waals surface area (Å²) in [5, 5.41) is 1.28. The molecule has 0 radical (unpaired) electrons. The molecule has 1 aromatic heterocycles. The standard InChI is InChI=1S/C41H50BrClN4O6/c1-5-45(19-21-53-41(50)29-22-30(39(44)36(42)23-29)26-46(6-2)32-10-8-7-9-11-32)18-20-52-38(48)25-34-27(3)47(37-17-16-33(51-4)24-35(34)37)40(49)28-12-14-31(43)15-13-28/h12-17,22-24,32H,5-11,18-21,25-26,44H2,1-4H3. The van der Waals surface area contributed by atoms with E-state index in [9.17, 15) is 14.4 Å². The van der Waals surface area contributed by atoms with Crippen LogP contribution in [0.15, 0.2) is 59.1 Å². The zero-order valence-electron chi connectivity index (χ0n) is 31.1. The Morgan fingerprint density at radius 3 is 2.28 bits per heavy atom. The SMILES string of the molecule is CCN(CCOC(=O)Cc1c(C)n(C(=O)c2ccc(Cl)cc2)c2ccc(OC)cc12)CCOC(=O)c1cc(Br)c(N)c(CN(CC)C2CCCCC2)c1. The van der Waals surface area contributed by atoms with Crippen molar-refractivity contribution in [3.8, 4) is 5.75 Å². The summed E-state index contributed by atoms with van der Waals surface area (Å²) in [7, 11) is 1.57. The minimum atomic E-state index is -0.411. The number of esters is 2. The number of nitrogens with two attached hydrogens (primary N) is 1. The molecule has 0 spiro atoms. The third-order valence-corrected chi connectivity index (χ3v) is 11.1. The van der Waals surface area contributed by atoms with Crippen LogP contribution in [-0.2, 0) is 27.2 Å². The van der Waals surface area contributed by atoms with Gasteiger partial charge in [0.1, 0.15) is 19.0 Å². The van der Waals surface area contributed by atoms with E-state index in [0.717, 1.165) is 17.5 Å². The van der Waals surface area contributed by atoms with Crippen LogP contribution >= 0.6 is 27.5 Å². The Bertz CT molecular complexity index is 1910. The number of fused-ring (bicyclic) bond motifs is 1. The molecule has 1 aliphatic carbocycles. The average molecular weight is 810 g/mol. The minimum Gasteiger partial charge on any atom is -0.497 e. The number of methoxy groups -OCH3 is 1. The maximum Gasteiger partial charge on any atom is 0.338 e. The van der Waals surface area contributed by atoms with Crippen molar-refractivity contribution in [2.45, 2.75) is 71.9 Å². The lowest BCUT2D eigenvalue weighted by Gasteiger charge is -2.34. The Hall–Kier alpha value is -3.90. The minimum absolute atomic E-state index is 0.0179. The molecule has 1 heterocycles. The summed E-state index contributed by atoms with van der Waals surface area (Å²) in [6, 6.07) is 16.3.